The molecule has 1 aromatic heterocycles. The van der Waals surface area contributed by atoms with Gasteiger partial charge in [0.25, 0.3) is 0 Å². The number of aromatic nitrogens is 1. The normalized spacial score (nSPS) is 13.1. The fourth-order valence-corrected chi connectivity index (χ4v) is 2.56. The lowest BCUT2D eigenvalue weighted by molar-refractivity contribution is -0.133. The lowest BCUT2D eigenvalue weighted by atomic mass is 10.2. The van der Waals surface area contributed by atoms with E-state index >= 15 is 0 Å². The van der Waals surface area contributed by atoms with Crippen molar-refractivity contribution in [2.45, 2.75) is 5.75 Å². The van der Waals surface area contributed by atoms with E-state index in [2.05, 4.69) is 4.98 Å². The van der Waals surface area contributed by atoms with Crippen LogP contribution in [0, 0.1) is 0 Å². The maximum Gasteiger partial charge on any atom is 0.313 e. The molecule has 0 unspecified atom stereocenters. The number of fused-ring (bicyclic) bond motifs is 2. The van der Waals surface area contributed by atoms with Crippen molar-refractivity contribution in [2.24, 2.45) is 0 Å². The van der Waals surface area contributed by atoms with Crippen molar-refractivity contribution in [3.63, 3.8) is 0 Å². The van der Waals surface area contributed by atoms with Crippen LogP contribution < -0.4 is 9.47 Å². The second-order valence-electron chi connectivity index (χ2n) is 3.97. The Labute approximate surface area is 107 Å². The van der Waals surface area contributed by atoms with Gasteiger partial charge in [0.15, 0.2) is 11.5 Å². The molecule has 0 bridgehead atoms. The van der Waals surface area contributed by atoms with Gasteiger partial charge in [0, 0.05) is 28.4 Å². The molecular weight excluding hydrogens is 254 g/mol. The zero-order chi connectivity index (χ0) is 12.5. The van der Waals surface area contributed by atoms with E-state index in [9.17, 15) is 4.79 Å². The topological polar surface area (TPSA) is 71.5 Å². The van der Waals surface area contributed by atoms with Gasteiger partial charge >= 0.3 is 5.97 Å². The Morgan fingerprint density at radius 3 is 2.89 bits per heavy atom. The number of carbonyl (C=O) groups is 1. The van der Waals surface area contributed by atoms with E-state index < -0.39 is 5.97 Å². The maximum absolute atomic E-state index is 10.4. The van der Waals surface area contributed by atoms with Crippen molar-refractivity contribution in [1.82, 2.24) is 4.98 Å². The van der Waals surface area contributed by atoms with Crippen molar-refractivity contribution in [2.75, 3.05) is 12.5 Å². The Balaban J connectivity index is 1.81. The van der Waals surface area contributed by atoms with Crippen LogP contribution >= 0.6 is 11.8 Å². The van der Waals surface area contributed by atoms with Crippen LogP contribution in [0.3, 0.4) is 0 Å². The predicted molar refractivity (Wildman–Crippen MR) is 68.2 cm³/mol. The first-order valence-corrected chi connectivity index (χ1v) is 6.58. The molecule has 0 fully saturated rings. The van der Waals surface area contributed by atoms with Crippen molar-refractivity contribution in [1.29, 1.82) is 0 Å². The molecule has 0 radical (unpaired) electrons. The summed E-state index contributed by atoms with van der Waals surface area (Å²) in [5, 5.41) is 9.63. The van der Waals surface area contributed by atoms with Crippen LogP contribution in [0.1, 0.15) is 5.69 Å². The number of thioether (sulfide) groups is 1. The Kier molecular flexibility index (Phi) is 2.79. The van der Waals surface area contributed by atoms with Gasteiger partial charge in [0.05, 0.1) is 5.75 Å². The summed E-state index contributed by atoms with van der Waals surface area (Å²) in [6.07, 6.45) is 0. The minimum Gasteiger partial charge on any atom is -0.481 e. The van der Waals surface area contributed by atoms with Gasteiger partial charge in [0.2, 0.25) is 6.79 Å². The molecule has 0 spiro atoms. The van der Waals surface area contributed by atoms with Gasteiger partial charge in [-0.2, -0.15) is 0 Å². The number of rotatable bonds is 4. The van der Waals surface area contributed by atoms with E-state index in [0.717, 1.165) is 28.1 Å². The van der Waals surface area contributed by atoms with Gasteiger partial charge in [-0.15, -0.1) is 11.8 Å². The van der Waals surface area contributed by atoms with E-state index in [-0.39, 0.29) is 12.5 Å². The Bertz CT molecular complexity index is 566. The number of aliphatic carboxylic acids is 1. The van der Waals surface area contributed by atoms with E-state index in [1.54, 1.807) is 0 Å². The summed E-state index contributed by atoms with van der Waals surface area (Å²) >= 11 is 1.36. The van der Waals surface area contributed by atoms with Crippen molar-refractivity contribution < 1.29 is 19.4 Å². The van der Waals surface area contributed by atoms with Gasteiger partial charge in [-0.1, -0.05) is 0 Å². The largest absolute Gasteiger partial charge is 0.481 e. The van der Waals surface area contributed by atoms with Crippen LogP contribution in [0.5, 0.6) is 11.5 Å². The van der Waals surface area contributed by atoms with Crippen LogP contribution in [-0.4, -0.2) is 28.6 Å². The highest BCUT2D eigenvalue weighted by atomic mass is 32.2. The minimum absolute atomic E-state index is 0.109. The van der Waals surface area contributed by atoms with Crippen molar-refractivity contribution in [3.8, 4) is 11.5 Å². The number of benzene rings is 1. The number of aromatic amines is 1. The predicted octanol–water partition coefficient (Wildman–Crippen LogP) is 2.21. The molecule has 94 valence electrons. The summed E-state index contributed by atoms with van der Waals surface area (Å²) in [6, 6.07) is 5.84. The Morgan fingerprint density at radius 2 is 2.11 bits per heavy atom. The number of ether oxygens (including phenoxy) is 2. The van der Waals surface area contributed by atoms with Gasteiger partial charge in [-0.05, 0) is 12.1 Å². The fourth-order valence-electron chi connectivity index (χ4n) is 1.91. The zero-order valence-electron chi connectivity index (χ0n) is 9.43. The van der Waals surface area contributed by atoms with Crippen LogP contribution in [0.4, 0.5) is 0 Å². The van der Waals surface area contributed by atoms with E-state index in [0.29, 0.717) is 5.75 Å². The first-order chi connectivity index (χ1) is 8.72. The second kappa shape index (κ2) is 4.45. The second-order valence-corrected chi connectivity index (χ2v) is 4.96. The van der Waals surface area contributed by atoms with Gasteiger partial charge in [-0.3, -0.25) is 4.79 Å². The lowest BCUT2D eigenvalue weighted by Gasteiger charge is -1.95. The summed E-state index contributed by atoms with van der Waals surface area (Å²) < 4.78 is 10.6. The molecule has 1 aliphatic rings. The van der Waals surface area contributed by atoms with Crippen molar-refractivity contribution >= 4 is 28.6 Å². The van der Waals surface area contributed by atoms with E-state index in [4.69, 9.17) is 14.6 Å². The molecule has 6 heteroatoms. The standard InChI is InChI=1S/C12H11NO4S/c14-12(15)5-18-4-8-1-7-2-10-11(17-6-16-10)3-9(7)13-8/h1-3,13H,4-6H2,(H,14,15). The summed E-state index contributed by atoms with van der Waals surface area (Å²) in [5.41, 5.74) is 1.98. The van der Waals surface area contributed by atoms with Crippen LogP contribution in [-0.2, 0) is 10.5 Å². The van der Waals surface area contributed by atoms with Gasteiger partial charge in [-0.25, -0.2) is 0 Å². The number of H-pyrrole nitrogens is 1. The molecule has 0 aliphatic carbocycles. The summed E-state index contributed by atoms with van der Waals surface area (Å²) in [7, 11) is 0. The van der Waals surface area contributed by atoms with Crippen molar-refractivity contribution in [3.05, 3.63) is 23.9 Å². The maximum atomic E-state index is 10.4. The number of carboxylic acid groups (broad SMARTS) is 1. The first-order valence-electron chi connectivity index (χ1n) is 5.43. The van der Waals surface area contributed by atoms with Crippen LogP contribution in [0.15, 0.2) is 18.2 Å². The van der Waals surface area contributed by atoms with Gasteiger partial charge in [0.1, 0.15) is 0 Å². The van der Waals surface area contributed by atoms with Crippen LogP contribution in [0.25, 0.3) is 10.9 Å². The molecule has 3 rings (SSSR count). The quantitative estimate of drug-likeness (QED) is 0.886. The highest BCUT2D eigenvalue weighted by Gasteiger charge is 2.15. The fraction of sp³-hybridized carbons (Fsp3) is 0.250. The molecule has 18 heavy (non-hydrogen) atoms. The molecule has 0 atom stereocenters. The summed E-state index contributed by atoms with van der Waals surface area (Å²) in [6.45, 7) is 0.267. The molecule has 1 aromatic carbocycles. The third-order valence-corrected chi connectivity index (χ3v) is 3.62. The smallest absolute Gasteiger partial charge is 0.313 e. The molecule has 0 amide bonds. The molecule has 2 heterocycles. The number of hydrogen-bond donors (Lipinski definition) is 2. The number of nitrogens with one attached hydrogen (secondary N) is 1. The average Bonchev–Trinajstić information content (AvgIpc) is 2.89. The lowest BCUT2D eigenvalue weighted by Crippen LogP contribution is -1.98. The minimum atomic E-state index is -0.795. The third-order valence-electron chi connectivity index (χ3n) is 2.65. The van der Waals surface area contributed by atoms with Crippen LogP contribution in [0.2, 0.25) is 0 Å². The average molecular weight is 265 g/mol. The highest BCUT2D eigenvalue weighted by molar-refractivity contribution is 7.99. The first kappa shape index (κ1) is 11.3. The molecule has 5 nitrogen and oxygen atoms in total. The summed E-state index contributed by atoms with van der Waals surface area (Å²) in [5.74, 6) is 1.46. The zero-order valence-corrected chi connectivity index (χ0v) is 10.3. The highest BCUT2D eigenvalue weighted by Crippen LogP contribution is 2.36. The molecular formula is C12H11NO4S. The molecule has 0 saturated carbocycles. The number of hydrogen-bond acceptors (Lipinski definition) is 4. The molecule has 2 aromatic rings. The molecule has 0 saturated heterocycles. The molecule has 2 N–H and O–H groups in total. The van der Waals surface area contributed by atoms with E-state index in [1.165, 1.54) is 11.8 Å². The number of carboxylic acids is 1. The third kappa shape index (κ3) is 2.11. The summed E-state index contributed by atoms with van der Waals surface area (Å²) in [4.78, 5) is 13.7. The molecule has 1 aliphatic heterocycles. The monoisotopic (exact) mass is 265 g/mol. The SMILES string of the molecule is O=C(O)CSCc1cc2cc3c(cc2[nH]1)OCO3. The Morgan fingerprint density at radius 1 is 1.33 bits per heavy atom. The Hall–Kier alpha value is -1.82. The van der Waals surface area contributed by atoms with Gasteiger partial charge < -0.3 is 19.6 Å². The van der Waals surface area contributed by atoms with E-state index in [1.807, 2.05) is 18.2 Å².